The van der Waals surface area contributed by atoms with Gasteiger partial charge in [0, 0.05) is 17.8 Å². The van der Waals surface area contributed by atoms with E-state index in [0.717, 1.165) is 45.9 Å². The number of anilines is 1. The van der Waals surface area contributed by atoms with Crippen molar-refractivity contribution >= 4 is 11.7 Å². The van der Waals surface area contributed by atoms with Crippen molar-refractivity contribution in [1.82, 2.24) is 0 Å². The Morgan fingerprint density at radius 1 is 0.970 bits per heavy atom. The van der Waals surface area contributed by atoms with Crippen LogP contribution in [0.3, 0.4) is 0 Å². The molecule has 0 unspecified atom stereocenters. The number of aliphatic carboxylic acids is 1. The van der Waals surface area contributed by atoms with E-state index >= 15 is 0 Å². The van der Waals surface area contributed by atoms with Crippen molar-refractivity contribution in [2.24, 2.45) is 0 Å². The first-order chi connectivity index (χ1) is 16.0. The quantitative estimate of drug-likeness (QED) is 0.364. The molecule has 0 aliphatic heterocycles. The first-order valence-electron chi connectivity index (χ1n) is 10.9. The molecule has 0 saturated carbocycles. The summed E-state index contributed by atoms with van der Waals surface area (Å²) in [7, 11) is 3.29. The number of hydrogen-bond donors (Lipinski definition) is 2. The summed E-state index contributed by atoms with van der Waals surface area (Å²) in [5, 5.41) is 12.1. The fraction of sp³-hybridized carbons (Fsp3) is 0.296. The number of ether oxygens (including phenoxy) is 3. The van der Waals surface area contributed by atoms with E-state index in [0.29, 0.717) is 19.8 Å². The fourth-order valence-corrected chi connectivity index (χ4v) is 3.68. The Balaban J connectivity index is 1.84. The Morgan fingerprint density at radius 2 is 1.67 bits per heavy atom. The average molecular weight is 450 g/mol. The van der Waals surface area contributed by atoms with E-state index in [-0.39, 0.29) is 6.42 Å². The van der Waals surface area contributed by atoms with Gasteiger partial charge in [-0.2, -0.15) is 0 Å². The monoisotopic (exact) mass is 449 g/mol. The molecule has 2 N–H and O–H groups in total. The van der Waals surface area contributed by atoms with Crippen molar-refractivity contribution in [3.05, 3.63) is 77.4 Å². The Kier molecular flexibility index (Phi) is 8.72. The van der Waals surface area contributed by atoms with Crippen LogP contribution in [0.5, 0.6) is 11.5 Å². The third kappa shape index (κ3) is 6.73. The number of rotatable bonds is 12. The number of methoxy groups -OCH3 is 2. The highest BCUT2D eigenvalue weighted by Gasteiger charge is 2.13. The number of benzene rings is 3. The molecular formula is C27H31NO5. The molecule has 0 heterocycles. The minimum absolute atomic E-state index is 0.0526. The standard InChI is InChI=1S/C27H31NO5/c1-19-25(31-2)16-21(17-26(19)32-3)24-10-9-23(28-13-11-27(29)30)15-22(24)18-33-14-12-20-7-5-4-6-8-20/h4-10,15-17,28H,11-14,18H2,1-3H3,(H,29,30). The maximum atomic E-state index is 10.9. The second-order valence-corrected chi connectivity index (χ2v) is 7.74. The van der Waals surface area contributed by atoms with E-state index in [1.165, 1.54) is 5.56 Å². The summed E-state index contributed by atoms with van der Waals surface area (Å²) in [6, 6.07) is 20.2. The van der Waals surface area contributed by atoms with E-state index in [2.05, 4.69) is 17.4 Å². The molecule has 0 aliphatic rings. The van der Waals surface area contributed by atoms with Crippen LogP contribution < -0.4 is 14.8 Å². The summed E-state index contributed by atoms with van der Waals surface area (Å²) < 4.78 is 17.2. The Hall–Kier alpha value is -3.51. The molecule has 0 bridgehead atoms. The van der Waals surface area contributed by atoms with Gasteiger partial charge in [0.15, 0.2) is 0 Å². The van der Waals surface area contributed by atoms with Crippen LogP contribution in [0, 0.1) is 6.92 Å². The second kappa shape index (κ2) is 11.9. The third-order valence-corrected chi connectivity index (χ3v) is 5.47. The zero-order valence-electron chi connectivity index (χ0n) is 19.4. The molecule has 174 valence electrons. The van der Waals surface area contributed by atoms with Gasteiger partial charge in [-0.25, -0.2) is 0 Å². The van der Waals surface area contributed by atoms with Crippen LogP contribution in [0.25, 0.3) is 11.1 Å². The number of nitrogens with one attached hydrogen (secondary N) is 1. The van der Waals surface area contributed by atoms with Crippen LogP contribution in [0.2, 0.25) is 0 Å². The molecule has 6 heteroatoms. The zero-order valence-corrected chi connectivity index (χ0v) is 19.4. The molecule has 0 atom stereocenters. The molecule has 0 aromatic heterocycles. The maximum absolute atomic E-state index is 10.9. The van der Waals surface area contributed by atoms with Crippen molar-refractivity contribution in [1.29, 1.82) is 0 Å². The summed E-state index contributed by atoms with van der Waals surface area (Å²) in [5.41, 5.74) is 6.00. The number of hydrogen-bond acceptors (Lipinski definition) is 5. The SMILES string of the molecule is COc1cc(-c2ccc(NCCC(=O)O)cc2COCCc2ccccc2)cc(OC)c1C. The van der Waals surface area contributed by atoms with Crippen LogP contribution in [0.4, 0.5) is 5.69 Å². The molecule has 0 fully saturated rings. The van der Waals surface area contributed by atoms with Crippen molar-refractivity contribution < 1.29 is 24.1 Å². The van der Waals surface area contributed by atoms with Gasteiger partial charge in [-0.1, -0.05) is 36.4 Å². The molecular weight excluding hydrogens is 418 g/mol. The van der Waals surface area contributed by atoms with E-state index in [1.54, 1.807) is 14.2 Å². The van der Waals surface area contributed by atoms with Gasteiger partial charge < -0.3 is 24.6 Å². The first kappa shape index (κ1) is 24.1. The minimum atomic E-state index is -0.831. The lowest BCUT2D eigenvalue weighted by Gasteiger charge is -2.17. The molecule has 0 amide bonds. The normalized spacial score (nSPS) is 10.6. The van der Waals surface area contributed by atoms with Crippen molar-refractivity contribution in [2.45, 2.75) is 26.4 Å². The van der Waals surface area contributed by atoms with Crippen molar-refractivity contribution in [2.75, 3.05) is 32.7 Å². The lowest BCUT2D eigenvalue weighted by molar-refractivity contribution is -0.136. The molecule has 3 aromatic carbocycles. The van der Waals surface area contributed by atoms with Gasteiger partial charge in [0.2, 0.25) is 0 Å². The van der Waals surface area contributed by atoms with E-state index in [9.17, 15) is 4.79 Å². The fourth-order valence-electron chi connectivity index (χ4n) is 3.68. The highest BCUT2D eigenvalue weighted by atomic mass is 16.5. The van der Waals surface area contributed by atoms with Gasteiger partial charge in [-0.05, 0) is 59.9 Å². The molecule has 6 nitrogen and oxygen atoms in total. The van der Waals surface area contributed by atoms with Crippen LogP contribution in [0.15, 0.2) is 60.7 Å². The molecule has 3 rings (SSSR count). The van der Waals surface area contributed by atoms with Gasteiger partial charge in [-0.3, -0.25) is 4.79 Å². The molecule has 0 radical (unpaired) electrons. The highest BCUT2D eigenvalue weighted by Crippen LogP contribution is 2.36. The summed E-state index contributed by atoms with van der Waals surface area (Å²) in [5.74, 6) is 0.676. The zero-order chi connectivity index (χ0) is 23.6. The Bertz CT molecular complexity index is 1040. The van der Waals surface area contributed by atoms with E-state index < -0.39 is 5.97 Å². The maximum Gasteiger partial charge on any atom is 0.305 e. The lowest BCUT2D eigenvalue weighted by atomic mass is 9.97. The minimum Gasteiger partial charge on any atom is -0.496 e. The predicted octanol–water partition coefficient (Wildman–Crippen LogP) is 5.33. The van der Waals surface area contributed by atoms with Gasteiger partial charge in [0.25, 0.3) is 0 Å². The topological polar surface area (TPSA) is 77.0 Å². The smallest absolute Gasteiger partial charge is 0.305 e. The average Bonchev–Trinajstić information content (AvgIpc) is 2.82. The second-order valence-electron chi connectivity index (χ2n) is 7.74. The van der Waals surface area contributed by atoms with E-state index in [4.69, 9.17) is 19.3 Å². The van der Waals surface area contributed by atoms with Crippen molar-refractivity contribution in [3.8, 4) is 22.6 Å². The van der Waals surface area contributed by atoms with Gasteiger partial charge in [-0.15, -0.1) is 0 Å². The summed E-state index contributed by atoms with van der Waals surface area (Å²) >= 11 is 0. The summed E-state index contributed by atoms with van der Waals surface area (Å²) in [4.78, 5) is 10.9. The molecule has 0 spiro atoms. The molecule has 3 aromatic rings. The van der Waals surface area contributed by atoms with Crippen molar-refractivity contribution in [3.63, 3.8) is 0 Å². The first-order valence-corrected chi connectivity index (χ1v) is 10.9. The van der Waals surface area contributed by atoms with Gasteiger partial charge >= 0.3 is 5.97 Å². The van der Waals surface area contributed by atoms with Crippen LogP contribution >= 0.6 is 0 Å². The van der Waals surface area contributed by atoms with Crippen LogP contribution in [0.1, 0.15) is 23.1 Å². The van der Waals surface area contributed by atoms with E-state index in [1.807, 2.05) is 55.5 Å². The third-order valence-electron chi connectivity index (χ3n) is 5.47. The van der Waals surface area contributed by atoms with Gasteiger partial charge in [0.1, 0.15) is 11.5 Å². The summed E-state index contributed by atoms with van der Waals surface area (Å²) in [6.45, 7) is 3.34. The number of carbonyl (C=O) groups is 1. The Labute approximate surface area is 195 Å². The van der Waals surface area contributed by atoms with Crippen LogP contribution in [-0.2, 0) is 22.6 Å². The highest BCUT2D eigenvalue weighted by molar-refractivity contribution is 5.74. The molecule has 33 heavy (non-hydrogen) atoms. The molecule has 0 aliphatic carbocycles. The van der Waals surface area contributed by atoms with Crippen LogP contribution in [-0.4, -0.2) is 38.4 Å². The number of carboxylic acid groups (broad SMARTS) is 1. The Morgan fingerprint density at radius 3 is 2.30 bits per heavy atom. The number of carboxylic acids is 1. The lowest BCUT2D eigenvalue weighted by Crippen LogP contribution is -2.08. The summed E-state index contributed by atoms with van der Waals surface area (Å²) in [6.07, 6.45) is 0.885. The molecule has 0 saturated heterocycles. The largest absolute Gasteiger partial charge is 0.496 e. The predicted molar refractivity (Wildman–Crippen MR) is 130 cm³/mol. The van der Waals surface area contributed by atoms with Gasteiger partial charge in [0.05, 0.1) is 33.9 Å².